The van der Waals surface area contributed by atoms with Crippen LogP contribution in [0.3, 0.4) is 0 Å². The Morgan fingerprint density at radius 3 is 2.66 bits per heavy atom. The van der Waals surface area contributed by atoms with Gasteiger partial charge in [-0.3, -0.25) is 4.79 Å². The van der Waals surface area contributed by atoms with Gasteiger partial charge in [-0.25, -0.2) is 0 Å². The maximum absolute atomic E-state index is 12.7. The van der Waals surface area contributed by atoms with Crippen LogP contribution in [0, 0.1) is 0 Å². The smallest absolute Gasteiger partial charge is 0.255 e. The molecule has 1 heterocycles. The molecular weight excluding hydrogens is 428 g/mol. The lowest BCUT2D eigenvalue weighted by atomic mass is 10.2. The van der Waals surface area contributed by atoms with E-state index in [0.29, 0.717) is 44.5 Å². The minimum absolute atomic E-state index is 0.0823. The van der Waals surface area contributed by atoms with Crippen molar-refractivity contribution >= 4 is 34.2 Å². The zero-order valence-corrected chi connectivity index (χ0v) is 18.8. The van der Waals surface area contributed by atoms with Crippen molar-refractivity contribution in [2.75, 3.05) is 12.4 Å². The van der Waals surface area contributed by atoms with Crippen LogP contribution in [0.1, 0.15) is 30.6 Å². The molecule has 1 aromatic heterocycles. The number of hydrogen-bond acceptors (Lipinski definition) is 5. The van der Waals surface area contributed by atoms with Crippen LogP contribution in [0.25, 0.3) is 16.7 Å². The van der Waals surface area contributed by atoms with Gasteiger partial charge < -0.3 is 14.8 Å². The van der Waals surface area contributed by atoms with Gasteiger partial charge in [0.1, 0.15) is 22.5 Å². The third kappa shape index (κ3) is 4.68. The summed E-state index contributed by atoms with van der Waals surface area (Å²) in [6.45, 7) is 4.05. The van der Waals surface area contributed by atoms with E-state index in [-0.39, 0.29) is 12.0 Å². The number of aromatic nitrogens is 3. The molecule has 8 heteroatoms. The van der Waals surface area contributed by atoms with Crippen molar-refractivity contribution < 1.29 is 14.3 Å². The number of amides is 1. The first kappa shape index (κ1) is 21.6. The predicted octanol–water partition coefficient (Wildman–Crippen LogP) is 5.51. The number of nitrogens with zero attached hydrogens (tertiary/aromatic N) is 3. The first-order valence-electron chi connectivity index (χ1n) is 10.3. The summed E-state index contributed by atoms with van der Waals surface area (Å²) in [7, 11) is 1.56. The highest BCUT2D eigenvalue weighted by molar-refractivity contribution is 6.32. The van der Waals surface area contributed by atoms with Gasteiger partial charge in [-0.15, -0.1) is 10.2 Å². The Kier molecular flexibility index (Phi) is 6.28. The summed E-state index contributed by atoms with van der Waals surface area (Å²) in [4.78, 5) is 14.2. The van der Waals surface area contributed by atoms with E-state index in [1.54, 1.807) is 49.6 Å². The Morgan fingerprint density at radius 1 is 1.09 bits per heavy atom. The fraction of sp³-hybridized carbons (Fsp3) is 0.208. The number of carbonyl (C=O) groups excluding carboxylic acids is 1. The number of hydrogen-bond donors (Lipinski definition) is 1. The van der Waals surface area contributed by atoms with E-state index in [1.165, 1.54) is 4.80 Å². The Balaban J connectivity index is 1.54. The van der Waals surface area contributed by atoms with Crippen LogP contribution in [0.4, 0.5) is 5.69 Å². The largest absolute Gasteiger partial charge is 0.495 e. The minimum atomic E-state index is -0.228. The fourth-order valence-electron chi connectivity index (χ4n) is 3.12. The van der Waals surface area contributed by atoms with Crippen LogP contribution in [0.2, 0.25) is 5.02 Å². The van der Waals surface area contributed by atoms with Gasteiger partial charge in [-0.1, -0.05) is 24.6 Å². The third-order valence-corrected chi connectivity index (χ3v) is 5.31. The quantitative estimate of drug-likeness (QED) is 0.401. The highest BCUT2D eigenvalue weighted by Gasteiger charge is 2.12. The van der Waals surface area contributed by atoms with Crippen molar-refractivity contribution in [1.29, 1.82) is 0 Å². The molecule has 164 valence electrons. The molecule has 0 fully saturated rings. The Labute approximate surface area is 190 Å². The number of nitrogens with one attached hydrogen (secondary N) is 1. The molecule has 4 aromatic rings. The zero-order chi connectivity index (χ0) is 22.7. The number of methoxy groups -OCH3 is 1. The topological polar surface area (TPSA) is 78.3 Å². The van der Waals surface area contributed by atoms with Crippen molar-refractivity contribution in [3.05, 3.63) is 71.2 Å². The molecule has 7 nitrogen and oxygen atoms in total. The van der Waals surface area contributed by atoms with Crippen LogP contribution in [-0.2, 0) is 0 Å². The molecule has 0 saturated heterocycles. The van der Waals surface area contributed by atoms with Crippen LogP contribution in [0.5, 0.6) is 11.5 Å². The number of fused-ring (bicyclic) bond motifs is 1. The number of benzene rings is 3. The zero-order valence-electron chi connectivity index (χ0n) is 18.0. The standard InChI is InChI=1S/C24H23ClN4O3/c1-4-15(2)32-19-7-5-6-16(12-19)24(30)26-17-8-10-21-22(13-17)28-29(27-21)18-9-11-23(31-3)20(25)14-18/h5-15H,4H2,1-3H3,(H,26,30)/t15-/m1/s1. The third-order valence-electron chi connectivity index (χ3n) is 5.01. The van der Waals surface area contributed by atoms with Crippen LogP contribution < -0.4 is 14.8 Å². The van der Waals surface area contributed by atoms with Gasteiger partial charge >= 0.3 is 0 Å². The number of ether oxygens (including phenoxy) is 2. The molecule has 0 spiro atoms. The molecule has 32 heavy (non-hydrogen) atoms. The molecule has 0 aliphatic heterocycles. The highest BCUT2D eigenvalue weighted by atomic mass is 35.5. The van der Waals surface area contributed by atoms with Crippen molar-refractivity contribution in [3.8, 4) is 17.2 Å². The molecule has 1 N–H and O–H groups in total. The van der Waals surface area contributed by atoms with E-state index in [4.69, 9.17) is 21.1 Å². The summed E-state index contributed by atoms with van der Waals surface area (Å²) in [6.07, 6.45) is 0.971. The summed E-state index contributed by atoms with van der Waals surface area (Å²) in [6, 6.07) is 17.8. The lowest BCUT2D eigenvalue weighted by Gasteiger charge is -2.13. The van der Waals surface area contributed by atoms with Crippen molar-refractivity contribution in [3.63, 3.8) is 0 Å². The summed E-state index contributed by atoms with van der Waals surface area (Å²) >= 11 is 6.22. The van der Waals surface area contributed by atoms with Crippen molar-refractivity contribution in [1.82, 2.24) is 15.0 Å². The van der Waals surface area contributed by atoms with E-state index >= 15 is 0 Å². The SMILES string of the molecule is CC[C@@H](C)Oc1cccc(C(=O)Nc2ccc3nn(-c4ccc(OC)c(Cl)c4)nc3c2)c1. The highest BCUT2D eigenvalue weighted by Crippen LogP contribution is 2.27. The fourth-order valence-corrected chi connectivity index (χ4v) is 3.37. The van der Waals surface area contributed by atoms with Crippen LogP contribution in [-0.4, -0.2) is 34.1 Å². The van der Waals surface area contributed by atoms with Gasteiger partial charge in [-0.05, 0) is 67.9 Å². The maximum atomic E-state index is 12.7. The summed E-state index contributed by atoms with van der Waals surface area (Å²) in [5, 5.41) is 12.4. The number of rotatable bonds is 7. The number of anilines is 1. The van der Waals surface area contributed by atoms with E-state index in [0.717, 1.165) is 6.42 Å². The van der Waals surface area contributed by atoms with Gasteiger partial charge in [0.25, 0.3) is 5.91 Å². The monoisotopic (exact) mass is 450 g/mol. The second kappa shape index (κ2) is 9.28. The summed E-state index contributed by atoms with van der Waals surface area (Å²) in [5.41, 5.74) is 3.18. The Bertz CT molecular complexity index is 1270. The molecule has 0 radical (unpaired) electrons. The Morgan fingerprint density at radius 2 is 1.91 bits per heavy atom. The van der Waals surface area contributed by atoms with Crippen LogP contribution >= 0.6 is 11.6 Å². The van der Waals surface area contributed by atoms with Gasteiger partial charge in [0.05, 0.1) is 23.9 Å². The van der Waals surface area contributed by atoms with Gasteiger partial charge in [0.2, 0.25) is 0 Å². The first-order valence-corrected chi connectivity index (χ1v) is 10.6. The molecule has 4 rings (SSSR count). The second-order valence-corrected chi connectivity index (χ2v) is 7.74. The van der Waals surface area contributed by atoms with Gasteiger partial charge in [-0.2, -0.15) is 4.80 Å². The predicted molar refractivity (Wildman–Crippen MR) is 125 cm³/mol. The first-order chi connectivity index (χ1) is 15.5. The number of carbonyl (C=O) groups is 1. The molecular formula is C24H23ClN4O3. The summed E-state index contributed by atoms with van der Waals surface area (Å²) < 4.78 is 11.0. The molecule has 1 amide bonds. The van der Waals surface area contributed by atoms with Gasteiger partial charge in [0, 0.05) is 11.3 Å². The lowest BCUT2D eigenvalue weighted by Crippen LogP contribution is -2.13. The molecule has 0 aliphatic carbocycles. The molecule has 0 aliphatic rings. The average molecular weight is 451 g/mol. The van der Waals surface area contributed by atoms with E-state index in [1.807, 2.05) is 25.1 Å². The van der Waals surface area contributed by atoms with E-state index in [9.17, 15) is 4.79 Å². The van der Waals surface area contributed by atoms with Crippen LogP contribution in [0.15, 0.2) is 60.7 Å². The van der Waals surface area contributed by atoms with Crippen molar-refractivity contribution in [2.24, 2.45) is 0 Å². The second-order valence-electron chi connectivity index (χ2n) is 7.33. The van der Waals surface area contributed by atoms with Crippen molar-refractivity contribution in [2.45, 2.75) is 26.4 Å². The lowest BCUT2D eigenvalue weighted by molar-refractivity contribution is 0.102. The minimum Gasteiger partial charge on any atom is -0.495 e. The van der Waals surface area contributed by atoms with E-state index < -0.39 is 0 Å². The summed E-state index contributed by atoms with van der Waals surface area (Å²) in [5.74, 6) is 1.02. The molecule has 0 bridgehead atoms. The molecule has 0 unspecified atom stereocenters. The molecule has 0 saturated carbocycles. The van der Waals surface area contributed by atoms with E-state index in [2.05, 4.69) is 22.4 Å². The van der Waals surface area contributed by atoms with Gasteiger partial charge in [0.15, 0.2) is 0 Å². The molecule has 3 aromatic carbocycles. The normalized spacial score (nSPS) is 11.9. The Hall–Kier alpha value is -3.58. The number of halogens is 1. The maximum Gasteiger partial charge on any atom is 0.255 e. The average Bonchev–Trinajstić information content (AvgIpc) is 3.22. The molecule has 1 atom stereocenters.